The highest BCUT2D eigenvalue weighted by Gasteiger charge is 2.53. The van der Waals surface area contributed by atoms with Crippen LogP contribution in [0.15, 0.2) is 18.2 Å². The van der Waals surface area contributed by atoms with Crippen molar-refractivity contribution in [1.29, 1.82) is 0 Å². The summed E-state index contributed by atoms with van der Waals surface area (Å²) in [5, 5.41) is 14.3. The first kappa shape index (κ1) is 13.4. The van der Waals surface area contributed by atoms with Gasteiger partial charge in [0.2, 0.25) is 0 Å². The number of non-ortho nitro benzene ring substituents is 1. The summed E-state index contributed by atoms with van der Waals surface area (Å²) in [5.74, 6) is 1.63. The Balaban J connectivity index is 1.63. The van der Waals surface area contributed by atoms with Gasteiger partial charge in [0.25, 0.3) is 5.69 Å². The number of nitrogens with zero attached hydrogens (tertiary/aromatic N) is 1. The van der Waals surface area contributed by atoms with E-state index < -0.39 is 0 Å². The van der Waals surface area contributed by atoms with Gasteiger partial charge < -0.3 is 10.1 Å². The minimum absolute atomic E-state index is 0.117. The van der Waals surface area contributed by atoms with Crippen LogP contribution in [-0.4, -0.2) is 18.6 Å². The lowest BCUT2D eigenvalue weighted by atomic mass is 10.0. The fraction of sp³-hybridized carbons (Fsp3) is 0.600. The maximum absolute atomic E-state index is 10.8. The van der Waals surface area contributed by atoms with Crippen molar-refractivity contribution in [2.24, 2.45) is 11.3 Å². The van der Waals surface area contributed by atoms with Gasteiger partial charge in [-0.1, -0.05) is 0 Å². The number of hydrogen-bond acceptors (Lipinski definition) is 4. The van der Waals surface area contributed by atoms with Crippen LogP contribution in [0.25, 0.3) is 0 Å². The molecule has 0 amide bonds. The molecule has 2 aliphatic carbocycles. The van der Waals surface area contributed by atoms with Crippen molar-refractivity contribution < 1.29 is 9.66 Å². The van der Waals surface area contributed by atoms with E-state index in [1.54, 1.807) is 19.2 Å². The molecule has 108 valence electrons. The summed E-state index contributed by atoms with van der Waals surface area (Å²) < 4.78 is 5.28. The number of hydrogen-bond donors (Lipinski definition) is 1. The fourth-order valence-electron chi connectivity index (χ4n) is 3.05. The number of benzene rings is 1. The van der Waals surface area contributed by atoms with Gasteiger partial charge in [-0.05, 0) is 43.1 Å². The summed E-state index contributed by atoms with van der Waals surface area (Å²) in [4.78, 5) is 10.5. The Bertz CT molecular complexity index is 522. The summed E-state index contributed by atoms with van der Waals surface area (Å²) in [6.45, 7) is 1.64. The van der Waals surface area contributed by atoms with Crippen LogP contribution in [0.5, 0.6) is 5.75 Å². The molecule has 1 aromatic rings. The van der Waals surface area contributed by atoms with Gasteiger partial charge in [-0.25, -0.2) is 0 Å². The number of nitro groups is 1. The largest absolute Gasteiger partial charge is 0.496 e. The molecule has 1 aromatic carbocycles. The van der Waals surface area contributed by atoms with Gasteiger partial charge in [-0.2, -0.15) is 0 Å². The fourth-order valence-corrected chi connectivity index (χ4v) is 3.05. The number of nitrogens with one attached hydrogen (secondary N) is 1. The topological polar surface area (TPSA) is 64.4 Å². The highest BCUT2D eigenvalue weighted by Crippen LogP contribution is 2.60. The van der Waals surface area contributed by atoms with Gasteiger partial charge in [0.15, 0.2) is 0 Å². The van der Waals surface area contributed by atoms with Gasteiger partial charge in [0, 0.05) is 30.8 Å². The third kappa shape index (κ3) is 2.63. The lowest BCUT2D eigenvalue weighted by Gasteiger charge is -2.16. The standard InChI is InChI=1S/C15H20N2O3/c1-20-14-5-4-13(17(18)19)8-11(14)9-16-10-15(6-7-15)12-2-3-12/h4-5,8,12,16H,2-3,6-7,9-10H2,1H3. The van der Waals surface area contributed by atoms with Crippen LogP contribution in [0, 0.1) is 21.4 Å². The van der Waals surface area contributed by atoms with Crippen LogP contribution in [-0.2, 0) is 6.54 Å². The quantitative estimate of drug-likeness (QED) is 0.614. The summed E-state index contributed by atoms with van der Waals surface area (Å²) >= 11 is 0. The molecule has 1 N–H and O–H groups in total. The van der Waals surface area contributed by atoms with E-state index in [2.05, 4.69) is 5.32 Å². The molecule has 0 aromatic heterocycles. The van der Waals surface area contributed by atoms with E-state index in [9.17, 15) is 10.1 Å². The van der Waals surface area contributed by atoms with Gasteiger partial charge >= 0.3 is 0 Å². The Hall–Kier alpha value is -1.62. The summed E-state index contributed by atoms with van der Waals surface area (Å²) in [6.07, 6.45) is 5.41. The zero-order chi connectivity index (χ0) is 14.2. The van der Waals surface area contributed by atoms with Crippen LogP contribution in [0.3, 0.4) is 0 Å². The third-order valence-electron chi connectivity index (χ3n) is 4.60. The molecular weight excluding hydrogens is 256 g/mol. The molecule has 0 bridgehead atoms. The van der Waals surface area contributed by atoms with Gasteiger partial charge in [0.05, 0.1) is 12.0 Å². The summed E-state index contributed by atoms with van der Waals surface area (Å²) in [5.41, 5.74) is 1.51. The lowest BCUT2D eigenvalue weighted by Crippen LogP contribution is -2.25. The normalized spacial score (nSPS) is 19.6. The van der Waals surface area contributed by atoms with E-state index in [0.29, 0.717) is 17.7 Å². The van der Waals surface area contributed by atoms with Gasteiger partial charge in [-0.15, -0.1) is 0 Å². The Morgan fingerprint density at radius 1 is 1.45 bits per heavy atom. The van der Waals surface area contributed by atoms with E-state index in [4.69, 9.17) is 4.74 Å². The van der Waals surface area contributed by atoms with Crippen LogP contribution in [0.2, 0.25) is 0 Å². The molecule has 2 aliphatic rings. The molecule has 5 nitrogen and oxygen atoms in total. The van der Waals surface area contributed by atoms with Crippen molar-refractivity contribution in [2.45, 2.75) is 32.2 Å². The van der Waals surface area contributed by atoms with E-state index in [-0.39, 0.29) is 10.6 Å². The van der Waals surface area contributed by atoms with Crippen molar-refractivity contribution in [1.82, 2.24) is 5.32 Å². The van der Waals surface area contributed by atoms with Crippen LogP contribution in [0.4, 0.5) is 5.69 Å². The lowest BCUT2D eigenvalue weighted by molar-refractivity contribution is -0.384. The Morgan fingerprint density at radius 3 is 2.75 bits per heavy atom. The van der Waals surface area contributed by atoms with Gasteiger partial charge in [0.1, 0.15) is 5.75 Å². The third-order valence-corrected chi connectivity index (χ3v) is 4.60. The molecule has 0 heterocycles. The van der Waals surface area contributed by atoms with Gasteiger partial charge in [-0.3, -0.25) is 10.1 Å². The number of nitro benzene ring substituents is 1. The average molecular weight is 276 g/mol. The molecule has 3 rings (SSSR count). The second kappa shape index (κ2) is 5.05. The molecule has 2 fully saturated rings. The maximum atomic E-state index is 10.8. The second-order valence-electron chi connectivity index (χ2n) is 5.99. The molecule has 0 spiro atoms. The summed E-state index contributed by atoms with van der Waals surface area (Å²) in [7, 11) is 1.59. The Kier molecular flexibility index (Phi) is 3.38. The zero-order valence-electron chi connectivity index (χ0n) is 11.7. The Labute approximate surface area is 118 Å². The highest BCUT2D eigenvalue weighted by atomic mass is 16.6. The molecule has 0 unspecified atom stereocenters. The number of rotatable bonds is 7. The number of ether oxygens (including phenoxy) is 1. The minimum atomic E-state index is -0.366. The first-order valence-corrected chi connectivity index (χ1v) is 7.17. The smallest absolute Gasteiger partial charge is 0.270 e. The zero-order valence-corrected chi connectivity index (χ0v) is 11.7. The first-order chi connectivity index (χ1) is 9.64. The molecule has 0 aliphatic heterocycles. The molecule has 0 saturated heterocycles. The van der Waals surface area contributed by atoms with Crippen LogP contribution >= 0.6 is 0 Å². The van der Waals surface area contributed by atoms with E-state index >= 15 is 0 Å². The molecular formula is C15H20N2O3. The van der Waals surface area contributed by atoms with Crippen molar-refractivity contribution in [2.75, 3.05) is 13.7 Å². The van der Waals surface area contributed by atoms with Crippen LogP contribution in [0.1, 0.15) is 31.2 Å². The first-order valence-electron chi connectivity index (χ1n) is 7.17. The molecule has 0 radical (unpaired) electrons. The average Bonchev–Trinajstić information content (AvgIpc) is 3.30. The van der Waals surface area contributed by atoms with Crippen LogP contribution < -0.4 is 10.1 Å². The second-order valence-corrected chi connectivity index (χ2v) is 5.99. The maximum Gasteiger partial charge on any atom is 0.270 e. The van der Waals surface area contributed by atoms with E-state index in [1.165, 1.54) is 31.7 Å². The number of methoxy groups -OCH3 is 1. The molecule has 0 atom stereocenters. The van der Waals surface area contributed by atoms with Crippen molar-refractivity contribution in [3.63, 3.8) is 0 Å². The molecule has 5 heteroatoms. The molecule has 20 heavy (non-hydrogen) atoms. The summed E-state index contributed by atoms with van der Waals surface area (Å²) in [6, 6.07) is 4.75. The predicted octanol–water partition coefficient (Wildman–Crippen LogP) is 2.88. The predicted molar refractivity (Wildman–Crippen MR) is 75.7 cm³/mol. The monoisotopic (exact) mass is 276 g/mol. The minimum Gasteiger partial charge on any atom is -0.496 e. The SMILES string of the molecule is COc1ccc([N+](=O)[O-])cc1CNCC1(C2CC2)CC1. The molecule has 2 saturated carbocycles. The van der Waals surface area contributed by atoms with Crippen molar-refractivity contribution >= 4 is 5.69 Å². The van der Waals surface area contributed by atoms with Crippen molar-refractivity contribution in [3.05, 3.63) is 33.9 Å². The van der Waals surface area contributed by atoms with Crippen molar-refractivity contribution in [3.8, 4) is 5.75 Å². The Morgan fingerprint density at radius 2 is 2.20 bits per heavy atom. The van der Waals surface area contributed by atoms with E-state index in [1.807, 2.05) is 0 Å². The highest BCUT2D eigenvalue weighted by molar-refractivity contribution is 5.43. The van der Waals surface area contributed by atoms with E-state index in [0.717, 1.165) is 18.0 Å².